The van der Waals surface area contributed by atoms with Crippen LogP contribution in [0.25, 0.3) is 0 Å². The van der Waals surface area contributed by atoms with Crippen molar-refractivity contribution in [2.75, 3.05) is 11.3 Å². The lowest BCUT2D eigenvalue weighted by molar-refractivity contribution is 0.0950. The summed E-state index contributed by atoms with van der Waals surface area (Å²) in [7, 11) is -3.86. The summed E-state index contributed by atoms with van der Waals surface area (Å²) in [6.45, 7) is 2.52. The highest BCUT2D eigenvalue weighted by Crippen LogP contribution is 2.18. The number of carbonyl (C=O) groups excluding carboxylic acids is 1. The third-order valence-corrected chi connectivity index (χ3v) is 5.49. The molecule has 2 aromatic carbocycles. The third kappa shape index (κ3) is 5.32. The molecule has 3 aromatic rings. The van der Waals surface area contributed by atoms with Crippen LogP contribution in [0.1, 0.15) is 22.8 Å². The number of benzene rings is 2. The predicted molar refractivity (Wildman–Crippen MR) is 110 cm³/mol. The number of aromatic nitrogens is 1. The topological polar surface area (TPSA) is 97.4 Å². The molecule has 1 heterocycles. The quantitative estimate of drug-likeness (QED) is 0.572. The van der Waals surface area contributed by atoms with E-state index in [1.54, 1.807) is 18.3 Å². The average Bonchev–Trinajstić information content (AvgIpc) is 2.75. The van der Waals surface area contributed by atoms with E-state index in [0.717, 1.165) is 17.7 Å². The third-order valence-electron chi connectivity index (χ3n) is 4.09. The molecule has 1 amide bonds. The van der Waals surface area contributed by atoms with Crippen LogP contribution in [-0.4, -0.2) is 25.9 Å². The van der Waals surface area contributed by atoms with Gasteiger partial charge in [0, 0.05) is 29.6 Å². The number of amides is 1. The summed E-state index contributed by atoms with van der Waals surface area (Å²) in [5.74, 6) is -0.377. The number of anilines is 1. The fourth-order valence-corrected chi connectivity index (χ4v) is 3.68. The van der Waals surface area contributed by atoms with Crippen LogP contribution in [0.4, 0.5) is 10.1 Å². The maximum absolute atomic E-state index is 13.0. The summed E-state index contributed by atoms with van der Waals surface area (Å²) < 4.78 is 45.7. The Morgan fingerprint density at radius 2 is 1.77 bits per heavy atom. The smallest absolute Gasteiger partial charge is 0.261 e. The number of carbonyl (C=O) groups is 1. The molecule has 0 spiro atoms. The lowest BCUT2D eigenvalue weighted by Crippen LogP contribution is -2.23. The van der Waals surface area contributed by atoms with Gasteiger partial charge < -0.3 is 10.1 Å². The number of hydrogen-bond acceptors (Lipinski definition) is 5. The first-order valence-electron chi connectivity index (χ1n) is 9.12. The SMILES string of the molecule is CCOc1ncccc1CNC(=O)c1ccc(S(=O)(=O)Nc2ccc(F)cc2)cc1. The number of pyridine rings is 1. The van der Waals surface area contributed by atoms with Gasteiger partial charge in [-0.1, -0.05) is 6.07 Å². The number of hydrogen-bond donors (Lipinski definition) is 2. The monoisotopic (exact) mass is 429 g/mol. The van der Waals surface area contributed by atoms with Crippen molar-refractivity contribution >= 4 is 21.6 Å². The molecular formula is C21H20FN3O4S. The highest BCUT2D eigenvalue weighted by molar-refractivity contribution is 7.92. The maximum atomic E-state index is 13.0. The highest BCUT2D eigenvalue weighted by atomic mass is 32.2. The minimum atomic E-state index is -3.86. The molecule has 0 radical (unpaired) electrons. The Morgan fingerprint density at radius 3 is 2.43 bits per heavy atom. The van der Waals surface area contributed by atoms with Crippen LogP contribution in [0, 0.1) is 5.82 Å². The average molecular weight is 429 g/mol. The molecular weight excluding hydrogens is 409 g/mol. The number of ether oxygens (including phenoxy) is 1. The van der Waals surface area contributed by atoms with Crippen LogP contribution in [-0.2, 0) is 16.6 Å². The molecule has 3 rings (SSSR count). The van der Waals surface area contributed by atoms with Crippen molar-refractivity contribution in [3.8, 4) is 5.88 Å². The van der Waals surface area contributed by atoms with E-state index in [4.69, 9.17) is 4.74 Å². The van der Waals surface area contributed by atoms with Gasteiger partial charge in [-0.25, -0.2) is 17.8 Å². The normalized spacial score (nSPS) is 11.0. The Kier molecular flexibility index (Phi) is 6.63. The van der Waals surface area contributed by atoms with Crippen molar-refractivity contribution in [2.45, 2.75) is 18.4 Å². The van der Waals surface area contributed by atoms with Crippen molar-refractivity contribution < 1.29 is 22.3 Å². The summed E-state index contributed by atoms with van der Waals surface area (Å²) >= 11 is 0. The first kappa shape index (κ1) is 21.3. The van der Waals surface area contributed by atoms with Crippen LogP contribution in [0.3, 0.4) is 0 Å². The highest BCUT2D eigenvalue weighted by Gasteiger charge is 2.15. The van der Waals surface area contributed by atoms with Gasteiger partial charge in [0.2, 0.25) is 5.88 Å². The predicted octanol–water partition coefficient (Wildman–Crippen LogP) is 3.35. The van der Waals surface area contributed by atoms with Crippen LogP contribution in [0.5, 0.6) is 5.88 Å². The molecule has 156 valence electrons. The van der Waals surface area contributed by atoms with E-state index in [1.165, 1.54) is 36.4 Å². The molecule has 2 N–H and O–H groups in total. The molecule has 7 nitrogen and oxygen atoms in total. The van der Waals surface area contributed by atoms with Gasteiger partial charge in [0.1, 0.15) is 5.82 Å². The van der Waals surface area contributed by atoms with Gasteiger partial charge in [-0.15, -0.1) is 0 Å². The van der Waals surface area contributed by atoms with E-state index in [9.17, 15) is 17.6 Å². The number of halogens is 1. The van der Waals surface area contributed by atoms with Crippen LogP contribution in [0.15, 0.2) is 71.8 Å². The zero-order valence-corrected chi connectivity index (χ0v) is 16.9. The number of rotatable bonds is 8. The summed E-state index contributed by atoms with van der Waals surface area (Å²) in [6.07, 6.45) is 1.61. The molecule has 0 bridgehead atoms. The molecule has 30 heavy (non-hydrogen) atoms. The van der Waals surface area contributed by atoms with E-state index < -0.39 is 15.8 Å². The van der Waals surface area contributed by atoms with E-state index >= 15 is 0 Å². The molecule has 1 aromatic heterocycles. The Hall–Kier alpha value is -3.46. The van der Waals surface area contributed by atoms with Crippen molar-refractivity contribution in [1.82, 2.24) is 10.3 Å². The largest absolute Gasteiger partial charge is 0.478 e. The minimum absolute atomic E-state index is 0.0192. The van der Waals surface area contributed by atoms with Gasteiger partial charge in [0.15, 0.2) is 0 Å². The maximum Gasteiger partial charge on any atom is 0.261 e. The zero-order valence-electron chi connectivity index (χ0n) is 16.1. The second-order valence-electron chi connectivity index (χ2n) is 6.22. The molecule has 0 aliphatic rings. The van der Waals surface area contributed by atoms with Crippen molar-refractivity contribution in [1.29, 1.82) is 0 Å². The first-order valence-corrected chi connectivity index (χ1v) is 10.6. The molecule has 0 saturated carbocycles. The Bertz CT molecular complexity index is 1120. The minimum Gasteiger partial charge on any atom is -0.478 e. The molecule has 9 heteroatoms. The van der Waals surface area contributed by atoms with Gasteiger partial charge in [0.05, 0.1) is 11.5 Å². The van der Waals surface area contributed by atoms with Crippen molar-refractivity contribution in [3.63, 3.8) is 0 Å². The second kappa shape index (κ2) is 9.36. The molecule has 0 saturated heterocycles. The number of nitrogens with one attached hydrogen (secondary N) is 2. The summed E-state index contributed by atoms with van der Waals surface area (Å²) in [5, 5.41) is 2.76. The van der Waals surface area contributed by atoms with Crippen molar-refractivity contribution in [2.24, 2.45) is 0 Å². The fraction of sp³-hybridized carbons (Fsp3) is 0.143. The molecule has 0 unspecified atom stereocenters. The molecule has 0 aliphatic carbocycles. The van der Waals surface area contributed by atoms with Gasteiger partial charge in [-0.3, -0.25) is 9.52 Å². The van der Waals surface area contributed by atoms with Gasteiger partial charge >= 0.3 is 0 Å². The van der Waals surface area contributed by atoms with Crippen molar-refractivity contribution in [3.05, 3.63) is 83.8 Å². The lowest BCUT2D eigenvalue weighted by Gasteiger charge is -2.11. The van der Waals surface area contributed by atoms with E-state index in [2.05, 4.69) is 15.0 Å². The van der Waals surface area contributed by atoms with E-state index in [-0.39, 0.29) is 23.0 Å². The van der Waals surface area contributed by atoms with Crippen LogP contribution < -0.4 is 14.8 Å². The van der Waals surface area contributed by atoms with Crippen LogP contribution in [0.2, 0.25) is 0 Å². The fourth-order valence-electron chi connectivity index (χ4n) is 2.62. The Morgan fingerprint density at radius 1 is 1.07 bits per heavy atom. The molecule has 0 atom stereocenters. The Balaban J connectivity index is 1.66. The lowest BCUT2D eigenvalue weighted by atomic mass is 10.2. The van der Waals surface area contributed by atoms with E-state index in [0.29, 0.717) is 18.1 Å². The molecule has 0 fully saturated rings. The van der Waals surface area contributed by atoms with Gasteiger partial charge in [-0.05, 0) is 61.5 Å². The van der Waals surface area contributed by atoms with Gasteiger partial charge in [-0.2, -0.15) is 0 Å². The summed E-state index contributed by atoms with van der Waals surface area (Å²) in [6, 6.07) is 14.0. The molecule has 0 aliphatic heterocycles. The standard InChI is InChI=1S/C21H20FN3O4S/c1-2-29-21-16(4-3-13-23-21)14-24-20(26)15-5-11-19(12-6-15)30(27,28)25-18-9-7-17(22)8-10-18/h3-13,25H,2,14H2,1H3,(H,24,26). The van der Waals surface area contributed by atoms with Crippen LogP contribution >= 0.6 is 0 Å². The summed E-state index contributed by atoms with van der Waals surface area (Å²) in [5.41, 5.74) is 1.27. The number of sulfonamides is 1. The second-order valence-corrected chi connectivity index (χ2v) is 7.90. The van der Waals surface area contributed by atoms with E-state index in [1.807, 2.05) is 6.92 Å². The zero-order chi connectivity index (χ0) is 21.6. The Labute approximate surface area is 174 Å². The van der Waals surface area contributed by atoms with Gasteiger partial charge in [0.25, 0.3) is 15.9 Å². The summed E-state index contributed by atoms with van der Waals surface area (Å²) in [4.78, 5) is 16.5. The first-order chi connectivity index (χ1) is 14.4. The number of nitrogens with zero attached hydrogens (tertiary/aromatic N) is 1.